The molecule has 0 unspecified atom stereocenters. The normalized spacial score (nSPS) is 13.9. The van der Waals surface area contributed by atoms with Gasteiger partial charge in [-0.3, -0.25) is 4.90 Å². The summed E-state index contributed by atoms with van der Waals surface area (Å²) in [6.07, 6.45) is -1.44. The predicted molar refractivity (Wildman–Crippen MR) is 158 cm³/mol. The van der Waals surface area contributed by atoms with E-state index >= 15 is 0 Å². The lowest BCUT2D eigenvalue weighted by molar-refractivity contribution is 0.0268. The Bertz CT molecular complexity index is 947. The smallest absolute Gasteiger partial charge is 0.123 e. The van der Waals surface area contributed by atoms with E-state index in [1.165, 1.54) is 0 Å². The molecule has 0 aliphatic heterocycles. The summed E-state index contributed by atoms with van der Waals surface area (Å²) in [7, 11) is 3.30. The predicted octanol–water partition coefficient (Wildman–Crippen LogP) is 5.44. The molecule has 0 amide bonds. The van der Waals surface area contributed by atoms with Crippen molar-refractivity contribution in [1.82, 2.24) is 4.90 Å². The second-order valence-electron chi connectivity index (χ2n) is 12.8. The first kappa shape index (κ1) is 32.7. The minimum Gasteiger partial charge on any atom is -0.497 e. The van der Waals surface area contributed by atoms with Crippen molar-refractivity contribution in [2.75, 3.05) is 47.1 Å². The first-order chi connectivity index (χ1) is 18.1. The van der Waals surface area contributed by atoms with Crippen molar-refractivity contribution in [1.29, 1.82) is 0 Å². The number of rotatable bonds is 14. The summed E-state index contributed by atoms with van der Waals surface area (Å²) >= 11 is 0. The Morgan fingerprint density at radius 2 is 1.05 bits per heavy atom. The number of hydrogen-bond donors (Lipinski definition) is 2. The summed E-state index contributed by atoms with van der Waals surface area (Å²) in [5, 5.41) is 21.7. The van der Waals surface area contributed by atoms with E-state index in [1.807, 2.05) is 36.4 Å². The van der Waals surface area contributed by atoms with Crippen molar-refractivity contribution < 1.29 is 29.2 Å². The van der Waals surface area contributed by atoms with Crippen LogP contribution in [0.2, 0.25) is 0 Å². The van der Waals surface area contributed by atoms with Gasteiger partial charge >= 0.3 is 0 Å². The van der Waals surface area contributed by atoms with Crippen LogP contribution in [0.1, 0.15) is 66.5 Å². The van der Waals surface area contributed by atoms with Crippen LogP contribution in [-0.2, 0) is 10.8 Å². The molecular formula is C32H51NO6. The Hall–Kier alpha value is -2.48. The molecule has 0 heterocycles. The maximum Gasteiger partial charge on any atom is 0.123 e. The molecule has 2 aromatic carbocycles. The summed E-state index contributed by atoms with van der Waals surface area (Å²) in [6.45, 7) is 18.8. The molecule has 0 saturated heterocycles. The van der Waals surface area contributed by atoms with E-state index in [9.17, 15) is 10.2 Å². The molecule has 0 saturated carbocycles. The van der Waals surface area contributed by atoms with Gasteiger partial charge in [-0.05, 0) is 53.1 Å². The second-order valence-corrected chi connectivity index (χ2v) is 12.8. The van der Waals surface area contributed by atoms with Crippen LogP contribution in [0.15, 0.2) is 36.4 Å². The first-order valence-electron chi connectivity index (χ1n) is 13.8. The minimum atomic E-state index is -0.721. The lowest BCUT2D eigenvalue weighted by Gasteiger charge is -2.30. The number of ether oxygens (including phenoxy) is 4. The van der Waals surface area contributed by atoms with Gasteiger partial charge in [0.15, 0.2) is 0 Å². The van der Waals surface area contributed by atoms with Crippen LogP contribution >= 0.6 is 0 Å². The molecule has 220 valence electrons. The third-order valence-electron chi connectivity index (χ3n) is 6.41. The maximum atomic E-state index is 10.9. The molecule has 0 radical (unpaired) electrons. The molecule has 2 N–H and O–H groups in total. The van der Waals surface area contributed by atoms with Gasteiger partial charge in [0.1, 0.15) is 48.4 Å². The summed E-state index contributed by atoms with van der Waals surface area (Å²) in [5.74, 6) is 3.39. The van der Waals surface area contributed by atoms with E-state index in [0.717, 1.165) is 40.7 Å². The molecule has 0 aromatic heterocycles. The minimum absolute atomic E-state index is 0.140. The molecule has 7 nitrogen and oxygen atoms in total. The molecular weight excluding hydrogens is 494 g/mol. The Morgan fingerprint density at radius 3 is 1.36 bits per heavy atom. The Labute approximate surface area is 236 Å². The van der Waals surface area contributed by atoms with Crippen molar-refractivity contribution in [2.45, 2.75) is 78.4 Å². The number of benzene rings is 2. The van der Waals surface area contributed by atoms with Gasteiger partial charge in [-0.15, -0.1) is 0 Å². The highest BCUT2D eigenvalue weighted by atomic mass is 16.5. The second kappa shape index (κ2) is 14.2. The van der Waals surface area contributed by atoms with E-state index in [2.05, 4.69) is 60.3 Å². The topological polar surface area (TPSA) is 80.6 Å². The van der Waals surface area contributed by atoms with Crippen LogP contribution in [0.5, 0.6) is 23.0 Å². The van der Waals surface area contributed by atoms with Crippen molar-refractivity contribution in [3.05, 3.63) is 47.5 Å². The van der Waals surface area contributed by atoms with Crippen molar-refractivity contribution >= 4 is 0 Å². The monoisotopic (exact) mass is 545 g/mol. The Kier molecular flexibility index (Phi) is 12.0. The SMILES string of the molecule is COc1ccc(OC[C@@H](O)CN(CC(C)C)C[C@@H](O)COc2ccc(OC)cc2C(C)(C)C)c(C(C)(C)C)c1. The number of nitrogens with zero attached hydrogens (tertiary/aromatic N) is 1. The lowest BCUT2D eigenvalue weighted by Crippen LogP contribution is -2.43. The number of aliphatic hydroxyl groups excluding tert-OH is 2. The zero-order chi connectivity index (χ0) is 29.4. The lowest BCUT2D eigenvalue weighted by atomic mass is 9.86. The van der Waals surface area contributed by atoms with E-state index in [-0.39, 0.29) is 24.0 Å². The quantitative estimate of drug-likeness (QED) is 0.327. The fourth-order valence-electron chi connectivity index (χ4n) is 4.51. The molecule has 0 fully saturated rings. The Balaban J connectivity index is 2.02. The summed E-state index contributed by atoms with van der Waals surface area (Å²) in [6, 6.07) is 11.5. The van der Waals surface area contributed by atoms with Gasteiger partial charge in [-0.1, -0.05) is 55.4 Å². The highest BCUT2D eigenvalue weighted by molar-refractivity contribution is 5.45. The molecule has 2 rings (SSSR count). The zero-order valence-electron chi connectivity index (χ0n) is 25.7. The molecule has 0 aliphatic rings. The van der Waals surface area contributed by atoms with Gasteiger partial charge in [-0.2, -0.15) is 0 Å². The molecule has 7 heteroatoms. The molecule has 0 bridgehead atoms. The molecule has 0 spiro atoms. The van der Waals surface area contributed by atoms with Gasteiger partial charge < -0.3 is 29.2 Å². The average molecular weight is 546 g/mol. The van der Waals surface area contributed by atoms with Crippen LogP contribution in [0.4, 0.5) is 0 Å². The number of methoxy groups -OCH3 is 2. The molecule has 39 heavy (non-hydrogen) atoms. The van der Waals surface area contributed by atoms with Crippen LogP contribution in [0, 0.1) is 5.92 Å². The van der Waals surface area contributed by atoms with Crippen molar-refractivity contribution in [3.8, 4) is 23.0 Å². The number of aliphatic hydroxyl groups is 2. The van der Waals surface area contributed by atoms with Crippen molar-refractivity contribution in [3.63, 3.8) is 0 Å². The van der Waals surface area contributed by atoms with Crippen molar-refractivity contribution in [2.24, 2.45) is 5.92 Å². The van der Waals surface area contributed by atoms with Crippen LogP contribution in [-0.4, -0.2) is 74.4 Å². The fraction of sp³-hybridized carbons (Fsp3) is 0.625. The fourth-order valence-corrected chi connectivity index (χ4v) is 4.51. The third-order valence-corrected chi connectivity index (χ3v) is 6.41. The highest BCUT2D eigenvalue weighted by Crippen LogP contribution is 2.35. The molecule has 2 aromatic rings. The largest absolute Gasteiger partial charge is 0.497 e. The van der Waals surface area contributed by atoms with E-state index in [1.54, 1.807) is 14.2 Å². The van der Waals surface area contributed by atoms with Crippen LogP contribution < -0.4 is 18.9 Å². The third kappa shape index (κ3) is 10.5. The van der Waals surface area contributed by atoms with Gasteiger partial charge in [0.2, 0.25) is 0 Å². The van der Waals surface area contributed by atoms with Crippen LogP contribution in [0.3, 0.4) is 0 Å². The Morgan fingerprint density at radius 1 is 0.667 bits per heavy atom. The van der Waals surface area contributed by atoms with Crippen LogP contribution in [0.25, 0.3) is 0 Å². The van der Waals surface area contributed by atoms with E-state index in [0.29, 0.717) is 19.0 Å². The van der Waals surface area contributed by atoms with Gasteiger partial charge in [0.25, 0.3) is 0 Å². The number of hydrogen-bond acceptors (Lipinski definition) is 7. The highest BCUT2D eigenvalue weighted by Gasteiger charge is 2.24. The van der Waals surface area contributed by atoms with Gasteiger partial charge in [0, 0.05) is 30.8 Å². The zero-order valence-corrected chi connectivity index (χ0v) is 25.7. The van der Waals surface area contributed by atoms with E-state index in [4.69, 9.17) is 18.9 Å². The maximum absolute atomic E-state index is 10.9. The summed E-state index contributed by atoms with van der Waals surface area (Å²) < 4.78 is 22.9. The first-order valence-corrected chi connectivity index (χ1v) is 13.8. The summed E-state index contributed by atoms with van der Waals surface area (Å²) in [4.78, 5) is 2.07. The van der Waals surface area contributed by atoms with Gasteiger partial charge in [-0.25, -0.2) is 0 Å². The molecule has 2 atom stereocenters. The molecule has 0 aliphatic carbocycles. The summed E-state index contributed by atoms with van der Waals surface area (Å²) in [5.41, 5.74) is 1.77. The van der Waals surface area contributed by atoms with E-state index < -0.39 is 12.2 Å². The van der Waals surface area contributed by atoms with Gasteiger partial charge in [0.05, 0.1) is 14.2 Å². The average Bonchev–Trinajstić information content (AvgIpc) is 2.84. The standard InChI is InChI=1S/C32H51NO6/c1-22(2)17-33(18-23(34)20-38-29-13-11-25(36-9)15-27(29)31(3,4)5)19-24(35)21-39-30-14-12-26(37-10)16-28(30)32(6,7)8/h11-16,22-24,34-35H,17-21H2,1-10H3/t23-,24+.